The molecular formula is C23H24N2O4S2. The number of nitrogens with zero attached hydrogens (tertiary/aromatic N) is 2. The molecule has 1 aliphatic heterocycles. The minimum absolute atomic E-state index is 0.0193. The molecule has 162 valence electrons. The summed E-state index contributed by atoms with van der Waals surface area (Å²) in [6.07, 6.45) is 5.24. The second kappa shape index (κ2) is 7.64. The van der Waals surface area contributed by atoms with Crippen molar-refractivity contribution in [3.8, 4) is 6.07 Å². The van der Waals surface area contributed by atoms with Gasteiger partial charge in [0.15, 0.2) is 0 Å². The first-order valence-electron chi connectivity index (χ1n) is 10.2. The summed E-state index contributed by atoms with van der Waals surface area (Å²) >= 11 is 1.18. The zero-order valence-electron chi connectivity index (χ0n) is 17.7. The van der Waals surface area contributed by atoms with Gasteiger partial charge in [0.1, 0.15) is 22.6 Å². The summed E-state index contributed by atoms with van der Waals surface area (Å²) in [5, 5.41) is 13.8. The summed E-state index contributed by atoms with van der Waals surface area (Å²) in [7, 11) is -4.04. The fourth-order valence-corrected chi connectivity index (χ4v) is 7.55. The molecular weight excluding hydrogens is 432 g/mol. The highest BCUT2D eigenvalue weighted by Gasteiger charge is 2.65. The Bertz CT molecular complexity index is 1190. The Kier molecular flexibility index (Phi) is 5.39. The largest absolute Gasteiger partial charge is 0.329 e. The number of hydrogen-bond acceptors (Lipinski definition) is 7. The second-order valence-electron chi connectivity index (χ2n) is 8.97. The van der Waals surface area contributed by atoms with Crippen LogP contribution in [-0.2, 0) is 19.2 Å². The van der Waals surface area contributed by atoms with Crippen LogP contribution in [0.4, 0.5) is 0 Å². The van der Waals surface area contributed by atoms with Gasteiger partial charge >= 0.3 is 10.1 Å². The first-order chi connectivity index (χ1) is 14.6. The molecule has 0 spiro atoms. The van der Waals surface area contributed by atoms with Crippen molar-refractivity contribution in [2.75, 3.05) is 5.75 Å². The third-order valence-corrected chi connectivity index (χ3v) is 9.30. The van der Waals surface area contributed by atoms with Crippen molar-refractivity contribution >= 4 is 38.3 Å². The lowest BCUT2D eigenvalue weighted by Crippen LogP contribution is -2.42. The van der Waals surface area contributed by atoms with Crippen molar-refractivity contribution in [1.82, 2.24) is 0 Å². The molecule has 2 atom stereocenters. The van der Waals surface area contributed by atoms with E-state index in [4.69, 9.17) is 4.28 Å². The number of Topliss-reactive ketones (excluding diaryl/α,β-unsaturated/α-hetero) is 1. The average Bonchev–Trinajstić information content (AvgIpc) is 3.32. The Hall–Kier alpha value is -2.37. The topological polar surface area (TPSA) is 96.6 Å². The van der Waals surface area contributed by atoms with E-state index in [1.807, 2.05) is 45.0 Å². The molecule has 1 heterocycles. The Labute approximate surface area is 187 Å². The molecule has 1 aromatic rings. The summed E-state index contributed by atoms with van der Waals surface area (Å²) in [4.78, 5) is 13.3. The number of ketones is 1. The van der Waals surface area contributed by atoms with Gasteiger partial charge in [0, 0.05) is 11.3 Å². The maximum absolute atomic E-state index is 12.7. The molecule has 2 bridgehead atoms. The first kappa shape index (κ1) is 21.8. The number of rotatable bonds is 5. The van der Waals surface area contributed by atoms with Crippen LogP contribution in [-0.4, -0.2) is 25.0 Å². The number of allylic oxidation sites excluding steroid dienone is 2. The van der Waals surface area contributed by atoms with E-state index in [9.17, 15) is 18.5 Å². The number of fused-ring (bicyclic) bond motifs is 2. The number of carbonyl (C=O) groups is 1. The van der Waals surface area contributed by atoms with Crippen LogP contribution >= 0.6 is 11.8 Å². The monoisotopic (exact) mass is 456 g/mol. The molecule has 0 N–H and O–H groups in total. The molecule has 0 amide bonds. The number of thioether (sulfide) groups is 1. The minimum atomic E-state index is -4.04. The van der Waals surface area contributed by atoms with Gasteiger partial charge in [0.25, 0.3) is 0 Å². The van der Waals surface area contributed by atoms with Crippen LogP contribution in [0.5, 0.6) is 0 Å². The van der Waals surface area contributed by atoms with Crippen molar-refractivity contribution in [3.05, 3.63) is 52.4 Å². The molecule has 0 aromatic heterocycles. The fourth-order valence-electron chi connectivity index (χ4n) is 5.14. The number of nitriles is 1. The van der Waals surface area contributed by atoms with Gasteiger partial charge in [0.05, 0.1) is 11.0 Å². The van der Waals surface area contributed by atoms with Gasteiger partial charge in [-0.2, -0.15) is 13.7 Å². The standard InChI is InChI=1S/C23H24N2O4S2/c1-15-6-4-5-7-17(15)18(13-24)19-8-9-21(30-19)25-29-31(27,28)14-23-11-10-16(12-20(23)26)22(23,2)3/h4-9,16H,10-12,14H2,1-3H3/b19-18-,25-21?. The molecule has 3 aliphatic rings. The van der Waals surface area contributed by atoms with Crippen LogP contribution in [0.2, 0.25) is 0 Å². The molecule has 2 fully saturated rings. The number of carbonyl (C=O) groups excluding carboxylic acids is 1. The summed E-state index contributed by atoms with van der Waals surface area (Å²) in [5.41, 5.74) is 1.05. The number of oxime groups is 1. The van der Waals surface area contributed by atoms with Gasteiger partial charge in [-0.15, -0.1) is 0 Å². The van der Waals surface area contributed by atoms with Crippen LogP contribution in [0, 0.1) is 35.0 Å². The maximum atomic E-state index is 12.7. The van der Waals surface area contributed by atoms with E-state index in [-0.39, 0.29) is 22.9 Å². The number of hydrogen-bond donors (Lipinski definition) is 0. The van der Waals surface area contributed by atoms with Gasteiger partial charge in [-0.3, -0.25) is 9.08 Å². The molecule has 2 saturated carbocycles. The van der Waals surface area contributed by atoms with Gasteiger partial charge in [0.2, 0.25) is 0 Å². The summed E-state index contributed by atoms with van der Waals surface area (Å²) in [5.74, 6) is -0.0951. The van der Waals surface area contributed by atoms with Crippen molar-refractivity contribution in [2.45, 2.75) is 40.0 Å². The highest BCUT2D eigenvalue weighted by Crippen LogP contribution is 2.64. The molecule has 8 heteroatoms. The Morgan fingerprint density at radius 3 is 2.68 bits per heavy atom. The molecule has 4 rings (SSSR count). The molecule has 1 aromatic carbocycles. The highest BCUT2D eigenvalue weighted by atomic mass is 32.2. The van der Waals surface area contributed by atoms with Crippen LogP contribution in [0.25, 0.3) is 5.57 Å². The number of benzene rings is 1. The van der Waals surface area contributed by atoms with Crippen molar-refractivity contribution in [2.24, 2.45) is 21.9 Å². The third-order valence-electron chi connectivity index (χ3n) is 7.17. The highest BCUT2D eigenvalue weighted by molar-refractivity contribution is 8.18. The normalized spacial score (nSPS) is 29.4. The molecule has 6 nitrogen and oxygen atoms in total. The van der Waals surface area contributed by atoms with Crippen LogP contribution < -0.4 is 0 Å². The zero-order chi connectivity index (χ0) is 22.4. The summed E-state index contributed by atoms with van der Waals surface area (Å²) in [6.45, 7) is 5.90. The Morgan fingerprint density at radius 1 is 1.32 bits per heavy atom. The lowest BCUT2D eigenvalue weighted by Gasteiger charge is -2.35. The molecule has 2 unspecified atom stereocenters. The zero-order valence-corrected chi connectivity index (χ0v) is 19.3. The average molecular weight is 457 g/mol. The Balaban J connectivity index is 1.51. The maximum Gasteiger partial charge on any atom is 0.329 e. The van der Waals surface area contributed by atoms with Gasteiger partial charge in [-0.25, -0.2) is 0 Å². The van der Waals surface area contributed by atoms with Crippen LogP contribution in [0.15, 0.2) is 46.5 Å². The molecule has 2 aliphatic carbocycles. The van der Waals surface area contributed by atoms with E-state index in [1.165, 1.54) is 11.8 Å². The van der Waals surface area contributed by atoms with Crippen LogP contribution in [0.1, 0.15) is 44.2 Å². The van der Waals surface area contributed by atoms with E-state index in [0.717, 1.165) is 17.5 Å². The SMILES string of the molecule is Cc1ccccc1/C(C#N)=C1/C=CC(=NOS(=O)(=O)CC23CCC(CC2=O)C3(C)C)S1. The predicted octanol–water partition coefficient (Wildman–Crippen LogP) is 4.59. The molecule has 0 radical (unpaired) electrons. The van der Waals surface area contributed by atoms with E-state index in [2.05, 4.69) is 11.2 Å². The third kappa shape index (κ3) is 3.64. The van der Waals surface area contributed by atoms with E-state index >= 15 is 0 Å². The van der Waals surface area contributed by atoms with Crippen LogP contribution in [0.3, 0.4) is 0 Å². The molecule has 31 heavy (non-hydrogen) atoms. The summed E-state index contributed by atoms with van der Waals surface area (Å²) in [6, 6.07) is 9.81. The lowest BCUT2D eigenvalue weighted by atomic mass is 9.70. The fraction of sp³-hybridized carbons (Fsp3) is 0.435. The van der Waals surface area contributed by atoms with Gasteiger partial charge in [-0.05, 0) is 54.4 Å². The minimum Gasteiger partial charge on any atom is -0.299 e. The van der Waals surface area contributed by atoms with Crippen molar-refractivity contribution < 1.29 is 17.5 Å². The Morgan fingerprint density at radius 2 is 2.06 bits per heavy atom. The van der Waals surface area contributed by atoms with Gasteiger partial charge in [-0.1, -0.05) is 55.0 Å². The van der Waals surface area contributed by atoms with E-state index in [0.29, 0.717) is 28.4 Å². The van der Waals surface area contributed by atoms with E-state index < -0.39 is 15.5 Å². The second-order valence-corrected chi connectivity index (χ2v) is 11.6. The first-order valence-corrected chi connectivity index (χ1v) is 12.6. The quantitative estimate of drug-likeness (QED) is 0.475. The summed E-state index contributed by atoms with van der Waals surface area (Å²) < 4.78 is 30.4. The smallest absolute Gasteiger partial charge is 0.299 e. The van der Waals surface area contributed by atoms with Gasteiger partial charge < -0.3 is 0 Å². The lowest BCUT2D eigenvalue weighted by molar-refractivity contribution is -0.128. The predicted molar refractivity (Wildman–Crippen MR) is 121 cm³/mol. The molecule has 0 saturated heterocycles. The van der Waals surface area contributed by atoms with Crippen molar-refractivity contribution in [1.29, 1.82) is 5.26 Å². The number of aryl methyl sites for hydroxylation is 1. The van der Waals surface area contributed by atoms with Crippen molar-refractivity contribution in [3.63, 3.8) is 0 Å². The van der Waals surface area contributed by atoms with E-state index in [1.54, 1.807) is 12.2 Å².